The van der Waals surface area contributed by atoms with Gasteiger partial charge in [0.1, 0.15) is 5.75 Å². The lowest BCUT2D eigenvalue weighted by molar-refractivity contribution is -0.136. The van der Waals surface area contributed by atoms with Crippen LogP contribution >= 0.6 is 0 Å². The van der Waals surface area contributed by atoms with Gasteiger partial charge in [-0.3, -0.25) is 9.59 Å². The van der Waals surface area contributed by atoms with Gasteiger partial charge in [0, 0.05) is 29.7 Å². The number of benzene rings is 1. The van der Waals surface area contributed by atoms with Crippen LogP contribution in [-0.2, 0) is 9.59 Å². The van der Waals surface area contributed by atoms with Gasteiger partial charge in [0.25, 0.3) is 0 Å². The van der Waals surface area contributed by atoms with Crippen LogP contribution in [0.15, 0.2) is 41.7 Å². The van der Waals surface area contributed by atoms with Crippen LogP contribution in [0.5, 0.6) is 5.75 Å². The highest BCUT2D eigenvalue weighted by molar-refractivity contribution is 6.11. The number of methoxy groups -OCH3 is 1. The summed E-state index contributed by atoms with van der Waals surface area (Å²) < 4.78 is 5.37. The van der Waals surface area contributed by atoms with Crippen molar-refractivity contribution < 1.29 is 19.4 Å². The molecule has 3 rings (SSSR count). The number of amides is 1. The van der Waals surface area contributed by atoms with Crippen molar-refractivity contribution in [3.05, 3.63) is 47.7 Å². The number of ether oxygens (including phenoxy) is 1. The van der Waals surface area contributed by atoms with Gasteiger partial charge in [0.15, 0.2) is 0 Å². The smallest absolute Gasteiger partial charge is 0.307 e. The molecule has 0 saturated heterocycles. The summed E-state index contributed by atoms with van der Waals surface area (Å²) in [6.45, 7) is 0. The molecule has 1 atom stereocenters. The predicted molar refractivity (Wildman–Crippen MR) is 84.9 cm³/mol. The van der Waals surface area contributed by atoms with Crippen LogP contribution in [0.1, 0.15) is 24.0 Å². The van der Waals surface area contributed by atoms with E-state index >= 15 is 0 Å². The number of allylic oxidation sites excluding steroid dienone is 1. The van der Waals surface area contributed by atoms with Gasteiger partial charge in [-0.25, -0.2) is 5.01 Å². The third-order valence-electron chi connectivity index (χ3n) is 3.81. The lowest BCUT2D eigenvalue weighted by Crippen LogP contribution is -2.35. The molecule has 1 aromatic rings. The van der Waals surface area contributed by atoms with E-state index in [-0.39, 0.29) is 18.2 Å². The van der Waals surface area contributed by atoms with Crippen LogP contribution in [-0.4, -0.2) is 34.8 Å². The first kappa shape index (κ1) is 15.0. The summed E-state index contributed by atoms with van der Waals surface area (Å²) in [5.41, 5.74) is 2.66. The predicted octanol–water partition coefficient (Wildman–Crippen LogP) is 2.26. The molecule has 6 heteroatoms. The highest BCUT2D eigenvalue weighted by Gasteiger charge is 2.31. The summed E-state index contributed by atoms with van der Waals surface area (Å²) >= 11 is 0. The number of hydrogen-bond acceptors (Lipinski definition) is 4. The van der Waals surface area contributed by atoms with E-state index in [4.69, 9.17) is 9.84 Å². The molecule has 0 fully saturated rings. The highest BCUT2D eigenvalue weighted by Crippen LogP contribution is 2.34. The fourth-order valence-corrected chi connectivity index (χ4v) is 2.74. The normalized spacial score (nSPS) is 19.3. The lowest BCUT2D eigenvalue weighted by Gasteiger charge is -2.29. The van der Waals surface area contributed by atoms with Crippen LogP contribution in [0, 0.1) is 5.92 Å². The van der Waals surface area contributed by atoms with Crippen LogP contribution in [0.3, 0.4) is 0 Å². The lowest BCUT2D eigenvalue weighted by atomic mass is 9.84. The molecule has 23 heavy (non-hydrogen) atoms. The molecule has 2 aliphatic rings. The zero-order valence-corrected chi connectivity index (χ0v) is 12.6. The van der Waals surface area contributed by atoms with E-state index in [0.29, 0.717) is 6.42 Å². The van der Waals surface area contributed by atoms with Crippen molar-refractivity contribution in [2.24, 2.45) is 11.0 Å². The summed E-state index contributed by atoms with van der Waals surface area (Å²) in [6, 6.07) is 5.71. The maximum Gasteiger partial charge on any atom is 0.307 e. The van der Waals surface area contributed by atoms with Crippen molar-refractivity contribution in [2.45, 2.75) is 12.8 Å². The number of hydrogen-bond donors (Lipinski definition) is 1. The topological polar surface area (TPSA) is 79.2 Å². The first-order valence-electron chi connectivity index (χ1n) is 7.24. The van der Waals surface area contributed by atoms with Gasteiger partial charge in [0.05, 0.1) is 19.2 Å². The minimum atomic E-state index is -0.952. The van der Waals surface area contributed by atoms with Crippen molar-refractivity contribution in [3.63, 3.8) is 0 Å². The van der Waals surface area contributed by atoms with Gasteiger partial charge < -0.3 is 9.84 Å². The van der Waals surface area contributed by atoms with Gasteiger partial charge in [-0.2, -0.15) is 5.10 Å². The molecule has 1 aromatic carbocycles. The minimum Gasteiger partial charge on any atom is -0.496 e. The van der Waals surface area contributed by atoms with E-state index in [2.05, 4.69) is 5.10 Å². The van der Waals surface area contributed by atoms with E-state index in [1.807, 2.05) is 30.4 Å². The Morgan fingerprint density at radius 2 is 2.35 bits per heavy atom. The van der Waals surface area contributed by atoms with Gasteiger partial charge >= 0.3 is 5.97 Å². The van der Waals surface area contributed by atoms with Crippen molar-refractivity contribution in [1.82, 2.24) is 5.01 Å². The number of carboxylic acid groups (broad SMARTS) is 1. The zero-order valence-electron chi connectivity index (χ0n) is 12.6. The summed E-state index contributed by atoms with van der Waals surface area (Å²) in [4.78, 5) is 22.7. The Morgan fingerprint density at radius 3 is 3.09 bits per heavy atom. The molecule has 0 spiro atoms. The number of rotatable bonds is 4. The zero-order chi connectivity index (χ0) is 16.4. The number of carbonyl (C=O) groups excluding carboxylic acids is 1. The first-order chi connectivity index (χ1) is 11.1. The van der Waals surface area contributed by atoms with Crippen molar-refractivity contribution in [1.29, 1.82) is 0 Å². The van der Waals surface area contributed by atoms with Crippen LogP contribution < -0.4 is 4.74 Å². The average Bonchev–Trinajstić information content (AvgIpc) is 2.54. The van der Waals surface area contributed by atoms with E-state index in [0.717, 1.165) is 22.6 Å². The molecule has 0 saturated carbocycles. The molecule has 0 bridgehead atoms. The molecular weight excluding hydrogens is 296 g/mol. The second-order valence-electron chi connectivity index (χ2n) is 5.30. The second-order valence-corrected chi connectivity index (χ2v) is 5.30. The van der Waals surface area contributed by atoms with E-state index in [9.17, 15) is 9.59 Å². The minimum absolute atomic E-state index is 0.0637. The number of fused-ring (bicyclic) bond motifs is 3. The molecule has 1 aliphatic heterocycles. The molecule has 1 heterocycles. The maximum absolute atomic E-state index is 12.1. The van der Waals surface area contributed by atoms with Crippen LogP contribution in [0.4, 0.5) is 0 Å². The SMILES string of the molecule is COc1cccc2c1C=CC1CC(=O)N(/C=C/CC(=O)O)N=C21. The molecule has 1 amide bonds. The molecule has 0 radical (unpaired) electrons. The summed E-state index contributed by atoms with van der Waals surface area (Å²) in [6.07, 6.45) is 6.90. The molecule has 1 N–H and O–H groups in total. The Morgan fingerprint density at radius 1 is 1.52 bits per heavy atom. The van der Waals surface area contributed by atoms with Crippen molar-refractivity contribution >= 4 is 23.7 Å². The molecule has 118 valence electrons. The molecule has 0 aromatic heterocycles. The van der Waals surface area contributed by atoms with E-state index < -0.39 is 5.97 Å². The third kappa shape index (κ3) is 2.88. The van der Waals surface area contributed by atoms with E-state index in [1.165, 1.54) is 17.3 Å². The standard InChI is InChI=1S/C17H16N2O4/c1-23-14-5-2-4-13-12(14)8-7-11-10-15(20)19(18-17(11)13)9-3-6-16(21)22/h2-5,7-9,11H,6,10H2,1H3,(H,21,22)/b9-3+. The Balaban J connectivity index is 1.98. The maximum atomic E-state index is 12.1. The van der Waals surface area contributed by atoms with Gasteiger partial charge in [-0.15, -0.1) is 0 Å². The molecule has 1 unspecified atom stereocenters. The molecular formula is C17H16N2O4. The van der Waals surface area contributed by atoms with Crippen LogP contribution in [0.25, 0.3) is 6.08 Å². The Kier molecular flexibility index (Phi) is 3.97. The first-order valence-corrected chi connectivity index (χ1v) is 7.24. The molecule has 1 aliphatic carbocycles. The average molecular weight is 312 g/mol. The van der Waals surface area contributed by atoms with Gasteiger partial charge in [-0.1, -0.05) is 30.4 Å². The quantitative estimate of drug-likeness (QED) is 0.925. The number of nitrogens with zero attached hydrogens (tertiary/aromatic N) is 2. The van der Waals surface area contributed by atoms with Crippen LogP contribution in [0.2, 0.25) is 0 Å². The fourth-order valence-electron chi connectivity index (χ4n) is 2.74. The number of hydrazone groups is 1. The summed E-state index contributed by atoms with van der Waals surface area (Å²) in [7, 11) is 1.61. The number of carbonyl (C=O) groups is 2. The second kappa shape index (κ2) is 6.08. The van der Waals surface area contributed by atoms with Gasteiger partial charge in [-0.05, 0) is 6.07 Å². The highest BCUT2D eigenvalue weighted by atomic mass is 16.5. The number of aliphatic carboxylic acids is 1. The third-order valence-corrected chi connectivity index (χ3v) is 3.81. The van der Waals surface area contributed by atoms with Crippen molar-refractivity contribution in [2.75, 3.05) is 7.11 Å². The Labute approximate surface area is 133 Å². The summed E-state index contributed by atoms with van der Waals surface area (Å²) in [5, 5.41) is 14.3. The number of carboxylic acids is 1. The Bertz CT molecular complexity index is 749. The largest absolute Gasteiger partial charge is 0.496 e. The monoisotopic (exact) mass is 312 g/mol. The Hall–Kier alpha value is -2.89. The van der Waals surface area contributed by atoms with E-state index in [1.54, 1.807) is 7.11 Å². The molecule has 6 nitrogen and oxygen atoms in total. The fraction of sp³-hybridized carbons (Fsp3) is 0.235. The van der Waals surface area contributed by atoms with Crippen molar-refractivity contribution in [3.8, 4) is 5.75 Å². The summed E-state index contributed by atoms with van der Waals surface area (Å²) in [5.74, 6) is -0.417. The van der Waals surface area contributed by atoms with Gasteiger partial charge in [0.2, 0.25) is 5.91 Å².